The zero-order chi connectivity index (χ0) is 13.0. The molecule has 2 rings (SSSR count). The highest BCUT2D eigenvalue weighted by Gasteiger charge is 2.04. The van der Waals surface area contributed by atoms with Crippen LogP contribution in [-0.2, 0) is 6.54 Å². The predicted molar refractivity (Wildman–Crippen MR) is 70.6 cm³/mol. The standard InChI is InChI=1S/C13H17N3O2/c1-3-17-13-11(14)6-7-12(16-13)15-8-10-5-4-9(2)18-10/h4-7H,3,8,14H2,1-2H3,(H,15,16). The second-order valence-electron chi connectivity index (χ2n) is 3.89. The van der Waals surface area contributed by atoms with Gasteiger partial charge in [-0.2, -0.15) is 4.98 Å². The Labute approximate surface area is 106 Å². The number of hydrogen-bond donors (Lipinski definition) is 2. The van der Waals surface area contributed by atoms with Crippen LogP contribution >= 0.6 is 0 Å². The van der Waals surface area contributed by atoms with Crippen molar-refractivity contribution in [2.45, 2.75) is 20.4 Å². The van der Waals surface area contributed by atoms with E-state index in [0.717, 1.165) is 11.5 Å². The lowest BCUT2D eigenvalue weighted by molar-refractivity contribution is 0.329. The summed E-state index contributed by atoms with van der Waals surface area (Å²) >= 11 is 0. The Balaban J connectivity index is 2.03. The van der Waals surface area contributed by atoms with Gasteiger partial charge in [0, 0.05) is 0 Å². The molecule has 0 saturated heterocycles. The van der Waals surface area contributed by atoms with Crippen LogP contribution in [0.25, 0.3) is 0 Å². The second-order valence-corrected chi connectivity index (χ2v) is 3.89. The van der Waals surface area contributed by atoms with E-state index in [4.69, 9.17) is 14.9 Å². The van der Waals surface area contributed by atoms with Crippen molar-refractivity contribution in [2.24, 2.45) is 0 Å². The fraction of sp³-hybridized carbons (Fsp3) is 0.308. The first-order valence-corrected chi connectivity index (χ1v) is 5.87. The van der Waals surface area contributed by atoms with Gasteiger partial charge < -0.3 is 20.2 Å². The summed E-state index contributed by atoms with van der Waals surface area (Å²) in [5.74, 6) is 2.93. The number of nitrogens with two attached hydrogens (primary N) is 1. The van der Waals surface area contributed by atoms with Crippen LogP contribution in [0.2, 0.25) is 0 Å². The molecule has 3 N–H and O–H groups in total. The third-order valence-electron chi connectivity index (χ3n) is 2.41. The fourth-order valence-electron chi connectivity index (χ4n) is 1.56. The van der Waals surface area contributed by atoms with Crippen molar-refractivity contribution in [2.75, 3.05) is 17.7 Å². The van der Waals surface area contributed by atoms with Crippen LogP contribution in [-0.4, -0.2) is 11.6 Å². The molecular weight excluding hydrogens is 230 g/mol. The van der Waals surface area contributed by atoms with E-state index in [1.807, 2.05) is 32.0 Å². The summed E-state index contributed by atoms with van der Waals surface area (Å²) < 4.78 is 10.8. The number of nitrogens with zero attached hydrogens (tertiary/aromatic N) is 1. The molecule has 0 radical (unpaired) electrons. The predicted octanol–water partition coefficient (Wildman–Crippen LogP) is 2.58. The Hall–Kier alpha value is -2.17. The lowest BCUT2D eigenvalue weighted by Crippen LogP contribution is -2.04. The molecule has 0 aliphatic heterocycles. The molecule has 0 aromatic carbocycles. The number of aryl methyl sites for hydroxylation is 1. The smallest absolute Gasteiger partial charge is 0.239 e. The molecule has 0 bridgehead atoms. The Bertz CT molecular complexity index is 523. The molecule has 2 heterocycles. The molecule has 0 atom stereocenters. The van der Waals surface area contributed by atoms with E-state index < -0.39 is 0 Å². The largest absolute Gasteiger partial charge is 0.476 e. The minimum absolute atomic E-state index is 0.457. The van der Waals surface area contributed by atoms with Crippen LogP contribution in [0.1, 0.15) is 18.4 Å². The number of ether oxygens (including phenoxy) is 1. The average Bonchev–Trinajstić information content (AvgIpc) is 2.76. The van der Waals surface area contributed by atoms with Gasteiger partial charge in [0.25, 0.3) is 0 Å². The lowest BCUT2D eigenvalue weighted by Gasteiger charge is -2.08. The summed E-state index contributed by atoms with van der Waals surface area (Å²) in [7, 11) is 0. The van der Waals surface area contributed by atoms with E-state index in [9.17, 15) is 0 Å². The topological polar surface area (TPSA) is 73.3 Å². The third-order valence-corrected chi connectivity index (χ3v) is 2.41. The summed E-state index contributed by atoms with van der Waals surface area (Å²) in [6.07, 6.45) is 0. The van der Waals surface area contributed by atoms with Crippen LogP contribution in [0.3, 0.4) is 0 Å². The zero-order valence-electron chi connectivity index (χ0n) is 10.6. The van der Waals surface area contributed by atoms with Crippen LogP contribution in [0, 0.1) is 6.92 Å². The Morgan fingerprint density at radius 2 is 2.17 bits per heavy atom. The van der Waals surface area contributed by atoms with Crippen LogP contribution < -0.4 is 15.8 Å². The van der Waals surface area contributed by atoms with Crippen LogP contribution in [0.5, 0.6) is 5.88 Å². The van der Waals surface area contributed by atoms with Gasteiger partial charge in [-0.1, -0.05) is 0 Å². The molecule has 0 aliphatic carbocycles. The number of hydrogen-bond acceptors (Lipinski definition) is 5. The maximum Gasteiger partial charge on any atom is 0.239 e. The van der Waals surface area contributed by atoms with Crippen molar-refractivity contribution in [3.63, 3.8) is 0 Å². The maximum absolute atomic E-state index is 5.75. The number of nitrogen functional groups attached to an aromatic ring is 1. The number of nitrogens with one attached hydrogen (secondary N) is 1. The van der Waals surface area contributed by atoms with Crippen molar-refractivity contribution >= 4 is 11.5 Å². The van der Waals surface area contributed by atoms with Gasteiger partial charge in [-0.05, 0) is 38.1 Å². The summed E-state index contributed by atoms with van der Waals surface area (Å²) in [5.41, 5.74) is 6.29. The van der Waals surface area contributed by atoms with E-state index in [1.165, 1.54) is 0 Å². The van der Waals surface area contributed by atoms with E-state index in [0.29, 0.717) is 30.5 Å². The monoisotopic (exact) mass is 247 g/mol. The zero-order valence-corrected chi connectivity index (χ0v) is 10.6. The quantitative estimate of drug-likeness (QED) is 0.849. The SMILES string of the molecule is CCOc1nc(NCc2ccc(C)o2)ccc1N. The Kier molecular flexibility index (Phi) is 3.72. The minimum atomic E-state index is 0.457. The highest BCUT2D eigenvalue weighted by Crippen LogP contribution is 2.21. The van der Waals surface area contributed by atoms with Gasteiger partial charge in [-0.15, -0.1) is 0 Å². The van der Waals surface area contributed by atoms with E-state index in [1.54, 1.807) is 6.07 Å². The minimum Gasteiger partial charge on any atom is -0.476 e. The van der Waals surface area contributed by atoms with Gasteiger partial charge in [0.05, 0.1) is 18.8 Å². The lowest BCUT2D eigenvalue weighted by atomic mass is 10.4. The molecule has 0 spiro atoms. The highest BCUT2D eigenvalue weighted by molar-refractivity contribution is 5.53. The number of aromatic nitrogens is 1. The summed E-state index contributed by atoms with van der Waals surface area (Å²) in [6, 6.07) is 7.45. The first kappa shape index (κ1) is 12.3. The van der Waals surface area contributed by atoms with Gasteiger partial charge in [-0.3, -0.25) is 0 Å². The molecule has 2 aromatic rings. The highest BCUT2D eigenvalue weighted by atomic mass is 16.5. The molecule has 5 nitrogen and oxygen atoms in total. The van der Waals surface area contributed by atoms with Crippen molar-refractivity contribution in [3.8, 4) is 5.88 Å². The van der Waals surface area contributed by atoms with Crippen LogP contribution in [0.15, 0.2) is 28.7 Å². The number of furan rings is 1. The van der Waals surface area contributed by atoms with Crippen molar-refractivity contribution in [1.82, 2.24) is 4.98 Å². The number of pyridine rings is 1. The maximum atomic E-state index is 5.75. The van der Waals surface area contributed by atoms with E-state index in [-0.39, 0.29) is 0 Å². The van der Waals surface area contributed by atoms with Gasteiger partial charge in [0.15, 0.2) is 0 Å². The molecule has 0 amide bonds. The number of rotatable bonds is 5. The summed E-state index contributed by atoms with van der Waals surface area (Å²) in [4.78, 5) is 4.28. The first-order chi connectivity index (χ1) is 8.69. The molecule has 0 aliphatic rings. The van der Waals surface area contributed by atoms with Crippen molar-refractivity contribution in [1.29, 1.82) is 0 Å². The average molecular weight is 247 g/mol. The van der Waals surface area contributed by atoms with Gasteiger partial charge in [0.1, 0.15) is 17.3 Å². The molecule has 0 fully saturated rings. The summed E-state index contributed by atoms with van der Waals surface area (Å²) in [5, 5.41) is 3.16. The van der Waals surface area contributed by atoms with Crippen LogP contribution in [0.4, 0.5) is 11.5 Å². The van der Waals surface area contributed by atoms with Gasteiger partial charge in [0.2, 0.25) is 5.88 Å². The van der Waals surface area contributed by atoms with Crippen molar-refractivity contribution in [3.05, 3.63) is 35.8 Å². The first-order valence-electron chi connectivity index (χ1n) is 5.87. The second kappa shape index (κ2) is 5.44. The number of anilines is 2. The van der Waals surface area contributed by atoms with Crippen molar-refractivity contribution < 1.29 is 9.15 Å². The fourth-order valence-corrected chi connectivity index (χ4v) is 1.56. The summed E-state index contributed by atoms with van der Waals surface area (Å²) in [6.45, 7) is 4.93. The molecule has 0 saturated carbocycles. The Morgan fingerprint density at radius 3 is 2.83 bits per heavy atom. The molecule has 0 unspecified atom stereocenters. The molecular formula is C13H17N3O2. The van der Waals surface area contributed by atoms with Gasteiger partial charge >= 0.3 is 0 Å². The molecule has 2 aromatic heterocycles. The molecule has 18 heavy (non-hydrogen) atoms. The van der Waals surface area contributed by atoms with Gasteiger partial charge in [-0.25, -0.2) is 0 Å². The molecule has 5 heteroatoms. The molecule has 96 valence electrons. The van der Waals surface area contributed by atoms with E-state index in [2.05, 4.69) is 10.3 Å². The normalized spacial score (nSPS) is 10.3. The van der Waals surface area contributed by atoms with E-state index >= 15 is 0 Å². The Morgan fingerprint density at radius 1 is 1.33 bits per heavy atom. The third kappa shape index (κ3) is 2.94.